The lowest BCUT2D eigenvalue weighted by molar-refractivity contribution is 0.152. The van der Waals surface area contributed by atoms with E-state index >= 15 is 0 Å². The van der Waals surface area contributed by atoms with E-state index in [1.807, 2.05) is 60.7 Å². The van der Waals surface area contributed by atoms with Crippen molar-refractivity contribution in [3.63, 3.8) is 0 Å². The SMILES string of the molecule is O=C(Oc1ccc(C/C=C/c2ccccc2)cc1)Oc1ccc(C/C=C/c2ccccc2)cc1. The lowest BCUT2D eigenvalue weighted by Crippen LogP contribution is -2.13. The Bertz CT molecular complexity index is 1120. The number of carbonyl (C=O) groups is 1. The van der Waals surface area contributed by atoms with E-state index in [2.05, 4.69) is 48.6 Å². The second-order valence-electron chi connectivity index (χ2n) is 7.78. The maximum atomic E-state index is 12.1. The monoisotopic (exact) mass is 446 g/mol. The zero-order valence-electron chi connectivity index (χ0n) is 18.8. The fourth-order valence-electron chi connectivity index (χ4n) is 3.39. The third-order valence-corrected chi connectivity index (χ3v) is 5.18. The van der Waals surface area contributed by atoms with E-state index in [0.717, 1.165) is 24.0 Å². The van der Waals surface area contributed by atoms with Crippen molar-refractivity contribution in [2.75, 3.05) is 0 Å². The zero-order chi connectivity index (χ0) is 23.4. The molecule has 0 fully saturated rings. The largest absolute Gasteiger partial charge is 0.519 e. The lowest BCUT2D eigenvalue weighted by Gasteiger charge is -2.07. The van der Waals surface area contributed by atoms with Gasteiger partial charge in [0.05, 0.1) is 0 Å². The Balaban J connectivity index is 1.23. The Morgan fingerprint density at radius 2 is 0.912 bits per heavy atom. The van der Waals surface area contributed by atoms with Gasteiger partial charge < -0.3 is 9.47 Å². The summed E-state index contributed by atoms with van der Waals surface area (Å²) in [5.74, 6) is 0.895. The van der Waals surface area contributed by atoms with Crippen LogP contribution in [0.2, 0.25) is 0 Å². The van der Waals surface area contributed by atoms with Crippen molar-refractivity contribution in [1.82, 2.24) is 0 Å². The van der Waals surface area contributed by atoms with Crippen molar-refractivity contribution in [2.24, 2.45) is 0 Å². The number of allylic oxidation sites excluding steroid dienone is 2. The Morgan fingerprint density at radius 1 is 0.529 bits per heavy atom. The normalized spacial score (nSPS) is 11.1. The number of ether oxygens (including phenoxy) is 2. The van der Waals surface area contributed by atoms with Crippen LogP contribution in [0.15, 0.2) is 121 Å². The molecule has 0 amide bonds. The summed E-state index contributed by atoms with van der Waals surface area (Å²) in [6, 6.07) is 35.2. The van der Waals surface area contributed by atoms with Crippen molar-refractivity contribution in [2.45, 2.75) is 12.8 Å². The van der Waals surface area contributed by atoms with Crippen LogP contribution in [-0.4, -0.2) is 6.16 Å². The molecule has 0 aliphatic carbocycles. The molecular weight excluding hydrogens is 420 g/mol. The molecule has 0 spiro atoms. The van der Waals surface area contributed by atoms with E-state index < -0.39 is 6.16 Å². The lowest BCUT2D eigenvalue weighted by atomic mass is 10.1. The summed E-state index contributed by atoms with van der Waals surface area (Å²) >= 11 is 0. The van der Waals surface area contributed by atoms with Gasteiger partial charge in [-0.05, 0) is 59.4 Å². The summed E-state index contributed by atoms with van der Waals surface area (Å²) in [5.41, 5.74) is 4.60. The molecule has 0 saturated carbocycles. The fraction of sp³-hybridized carbons (Fsp3) is 0.0645. The Hall–Kier alpha value is -4.37. The quantitative estimate of drug-likeness (QED) is 0.205. The van der Waals surface area contributed by atoms with Crippen LogP contribution in [-0.2, 0) is 12.8 Å². The second kappa shape index (κ2) is 12.0. The molecule has 4 aromatic carbocycles. The molecule has 34 heavy (non-hydrogen) atoms. The molecule has 4 aromatic rings. The molecule has 3 heteroatoms. The van der Waals surface area contributed by atoms with Gasteiger partial charge in [-0.1, -0.05) is 109 Å². The molecule has 0 aromatic heterocycles. The Morgan fingerprint density at radius 3 is 1.29 bits per heavy atom. The van der Waals surface area contributed by atoms with Gasteiger partial charge in [-0.15, -0.1) is 0 Å². The number of rotatable bonds is 8. The molecule has 0 heterocycles. The fourth-order valence-corrected chi connectivity index (χ4v) is 3.39. The van der Waals surface area contributed by atoms with Crippen molar-refractivity contribution in [1.29, 1.82) is 0 Å². The first-order valence-electron chi connectivity index (χ1n) is 11.3. The summed E-state index contributed by atoms with van der Waals surface area (Å²) in [7, 11) is 0. The number of carbonyl (C=O) groups excluding carboxylic acids is 1. The van der Waals surface area contributed by atoms with Crippen LogP contribution >= 0.6 is 0 Å². The van der Waals surface area contributed by atoms with Crippen LogP contribution < -0.4 is 9.47 Å². The van der Waals surface area contributed by atoms with Gasteiger partial charge in [0.15, 0.2) is 0 Å². The van der Waals surface area contributed by atoms with E-state index in [1.165, 1.54) is 11.1 Å². The summed E-state index contributed by atoms with van der Waals surface area (Å²) < 4.78 is 10.6. The number of hydrogen-bond donors (Lipinski definition) is 0. The number of hydrogen-bond acceptors (Lipinski definition) is 3. The first-order valence-corrected chi connectivity index (χ1v) is 11.3. The highest BCUT2D eigenvalue weighted by atomic mass is 16.7. The highest BCUT2D eigenvalue weighted by molar-refractivity contribution is 5.67. The van der Waals surface area contributed by atoms with Gasteiger partial charge in [0.25, 0.3) is 0 Å². The second-order valence-corrected chi connectivity index (χ2v) is 7.78. The van der Waals surface area contributed by atoms with Crippen LogP contribution in [0.5, 0.6) is 11.5 Å². The maximum absolute atomic E-state index is 12.1. The summed E-state index contributed by atoms with van der Waals surface area (Å²) in [6.07, 6.45) is 9.24. The van der Waals surface area contributed by atoms with E-state index in [1.54, 1.807) is 24.3 Å². The molecule has 0 radical (unpaired) electrons. The van der Waals surface area contributed by atoms with Crippen molar-refractivity contribution >= 4 is 18.3 Å². The van der Waals surface area contributed by atoms with E-state index in [-0.39, 0.29) is 0 Å². The van der Waals surface area contributed by atoms with Gasteiger partial charge in [-0.2, -0.15) is 0 Å². The van der Waals surface area contributed by atoms with E-state index in [0.29, 0.717) is 11.5 Å². The first-order chi connectivity index (χ1) is 16.7. The van der Waals surface area contributed by atoms with Crippen LogP contribution in [0.4, 0.5) is 4.79 Å². The minimum absolute atomic E-state index is 0.448. The first kappa shape index (κ1) is 22.8. The highest BCUT2D eigenvalue weighted by Crippen LogP contribution is 2.17. The predicted molar refractivity (Wildman–Crippen MR) is 138 cm³/mol. The van der Waals surface area contributed by atoms with E-state index in [4.69, 9.17) is 9.47 Å². The predicted octanol–water partition coefficient (Wildman–Crippen LogP) is 7.78. The highest BCUT2D eigenvalue weighted by Gasteiger charge is 2.08. The van der Waals surface area contributed by atoms with Crippen LogP contribution in [0, 0.1) is 0 Å². The molecule has 0 N–H and O–H groups in total. The third-order valence-electron chi connectivity index (χ3n) is 5.18. The van der Waals surface area contributed by atoms with E-state index in [9.17, 15) is 4.79 Å². The standard InChI is InChI=1S/C31H26O3/c32-31(33-29-21-17-27(18-22-29)15-7-13-25-9-3-1-4-10-25)34-30-23-19-28(20-24-30)16-8-14-26-11-5-2-6-12-26/h1-14,17-24H,15-16H2/b13-7+,14-8+. The molecule has 0 aliphatic rings. The molecule has 0 atom stereocenters. The zero-order valence-corrected chi connectivity index (χ0v) is 18.8. The average Bonchev–Trinajstić information content (AvgIpc) is 2.87. The van der Waals surface area contributed by atoms with Gasteiger partial charge >= 0.3 is 6.16 Å². The topological polar surface area (TPSA) is 35.5 Å². The third kappa shape index (κ3) is 7.35. The molecule has 4 rings (SSSR count). The van der Waals surface area contributed by atoms with Crippen molar-refractivity contribution < 1.29 is 14.3 Å². The summed E-state index contributed by atoms with van der Waals surface area (Å²) in [4.78, 5) is 12.1. The Kier molecular flexibility index (Phi) is 8.07. The molecule has 0 unspecified atom stereocenters. The molecule has 3 nitrogen and oxygen atoms in total. The smallest absolute Gasteiger partial charge is 0.395 e. The van der Waals surface area contributed by atoms with Gasteiger partial charge in [0.1, 0.15) is 11.5 Å². The number of benzene rings is 4. The molecule has 0 saturated heterocycles. The van der Waals surface area contributed by atoms with Gasteiger partial charge in [-0.3, -0.25) is 0 Å². The van der Waals surface area contributed by atoms with Gasteiger partial charge in [-0.25, -0.2) is 4.79 Å². The van der Waals surface area contributed by atoms with Gasteiger partial charge in [0, 0.05) is 0 Å². The summed E-state index contributed by atoms with van der Waals surface area (Å²) in [6.45, 7) is 0. The van der Waals surface area contributed by atoms with Crippen LogP contribution in [0.25, 0.3) is 12.2 Å². The summed E-state index contributed by atoms with van der Waals surface area (Å²) in [5, 5.41) is 0. The minimum Gasteiger partial charge on any atom is -0.395 e. The molecular formula is C31H26O3. The molecule has 0 bridgehead atoms. The molecule has 0 aliphatic heterocycles. The molecule has 168 valence electrons. The van der Waals surface area contributed by atoms with Crippen LogP contribution in [0.3, 0.4) is 0 Å². The minimum atomic E-state index is -0.756. The van der Waals surface area contributed by atoms with Crippen molar-refractivity contribution in [3.8, 4) is 11.5 Å². The van der Waals surface area contributed by atoms with Crippen molar-refractivity contribution in [3.05, 3.63) is 144 Å². The average molecular weight is 447 g/mol. The Labute approximate surface area is 200 Å². The maximum Gasteiger partial charge on any atom is 0.519 e. The van der Waals surface area contributed by atoms with Crippen LogP contribution in [0.1, 0.15) is 22.3 Å². The van der Waals surface area contributed by atoms with Gasteiger partial charge in [0.2, 0.25) is 0 Å².